The topological polar surface area (TPSA) is 0 Å². The molecule has 0 N–H and O–H groups in total. The predicted molar refractivity (Wildman–Crippen MR) is 102 cm³/mol. The van der Waals surface area contributed by atoms with Gasteiger partial charge in [-0.25, -0.2) is 0 Å². The third-order valence-electron chi connectivity index (χ3n) is 1.72. The molecule has 0 nitrogen and oxygen atoms in total. The first-order valence-corrected chi connectivity index (χ1v) is 9.05. The zero-order chi connectivity index (χ0) is 16.9. The van der Waals surface area contributed by atoms with Gasteiger partial charge in [-0.3, -0.25) is 0 Å². The molecule has 0 unspecified atom stereocenters. The van der Waals surface area contributed by atoms with Crippen LogP contribution in [0.2, 0.25) is 0 Å². The summed E-state index contributed by atoms with van der Waals surface area (Å²) in [6, 6.07) is 20.8. The van der Waals surface area contributed by atoms with Crippen LogP contribution in [0.3, 0.4) is 0 Å². The summed E-state index contributed by atoms with van der Waals surface area (Å²) in [4.78, 5) is 2.57. The molecule has 0 aliphatic heterocycles. The standard InChI is InChI=1S/C12H10S.4C2H6/c1-3-7-11(8-4-1)13-12-9-5-2-6-10-12;4*1-2/h1-10H;4*1-2H3. The van der Waals surface area contributed by atoms with Crippen LogP contribution in [0.15, 0.2) is 70.5 Å². The zero-order valence-corrected chi connectivity index (χ0v) is 16.0. The summed E-state index contributed by atoms with van der Waals surface area (Å²) in [6.45, 7) is 16.0. The van der Waals surface area contributed by atoms with Gasteiger partial charge in [0.2, 0.25) is 0 Å². The van der Waals surface area contributed by atoms with E-state index in [-0.39, 0.29) is 0 Å². The molecule has 0 spiro atoms. The molecule has 0 saturated heterocycles. The Hall–Kier alpha value is -1.21. The van der Waals surface area contributed by atoms with E-state index in [4.69, 9.17) is 0 Å². The van der Waals surface area contributed by atoms with Crippen LogP contribution in [0.1, 0.15) is 55.4 Å². The van der Waals surface area contributed by atoms with E-state index in [0.717, 1.165) is 0 Å². The van der Waals surface area contributed by atoms with Gasteiger partial charge in [-0.15, -0.1) is 0 Å². The fourth-order valence-electron chi connectivity index (χ4n) is 1.11. The van der Waals surface area contributed by atoms with Gasteiger partial charge >= 0.3 is 0 Å². The van der Waals surface area contributed by atoms with Crippen molar-refractivity contribution in [3.63, 3.8) is 0 Å². The SMILES string of the molecule is CC.CC.CC.CC.c1ccc(Sc2ccccc2)cc1. The molecule has 0 heterocycles. The summed E-state index contributed by atoms with van der Waals surface area (Å²) in [6.07, 6.45) is 0. The zero-order valence-electron chi connectivity index (χ0n) is 15.2. The Morgan fingerprint density at radius 3 is 0.905 bits per heavy atom. The van der Waals surface area contributed by atoms with Crippen LogP contribution in [0.25, 0.3) is 0 Å². The predicted octanol–water partition coefficient (Wildman–Crippen LogP) is 7.94. The molecular weight excluding hydrogens is 272 g/mol. The van der Waals surface area contributed by atoms with Crippen molar-refractivity contribution in [3.8, 4) is 0 Å². The van der Waals surface area contributed by atoms with E-state index in [1.54, 1.807) is 11.8 Å². The van der Waals surface area contributed by atoms with E-state index >= 15 is 0 Å². The van der Waals surface area contributed by atoms with Gasteiger partial charge in [0.1, 0.15) is 0 Å². The van der Waals surface area contributed by atoms with E-state index in [9.17, 15) is 0 Å². The summed E-state index contributed by atoms with van der Waals surface area (Å²) in [5, 5.41) is 0. The number of rotatable bonds is 2. The highest BCUT2D eigenvalue weighted by Crippen LogP contribution is 2.26. The van der Waals surface area contributed by atoms with E-state index in [1.165, 1.54) is 9.79 Å². The molecular formula is C20H34S. The quantitative estimate of drug-likeness (QED) is 0.542. The Labute approximate surface area is 138 Å². The summed E-state index contributed by atoms with van der Waals surface area (Å²) in [7, 11) is 0. The average molecular weight is 307 g/mol. The summed E-state index contributed by atoms with van der Waals surface area (Å²) in [5.74, 6) is 0. The Bertz CT molecular complexity index is 317. The van der Waals surface area contributed by atoms with E-state index in [1.807, 2.05) is 67.5 Å². The molecule has 0 bridgehead atoms. The Morgan fingerprint density at radius 1 is 0.429 bits per heavy atom. The Morgan fingerprint density at radius 2 is 0.667 bits per heavy atom. The highest BCUT2D eigenvalue weighted by Gasteiger charge is 1.93. The first-order chi connectivity index (χ1) is 10.4. The molecule has 0 aromatic heterocycles. The fourth-order valence-corrected chi connectivity index (χ4v) is 1.97. The molecule has 0 aliphatic rings. The van der Waals surface area contributed by atoms with Gasteiger partial charge in [-0.2, -0.15) is 0 Å². The van der Waals surface area contributed by atoms with Gasteiger partial charge in [0.15, 0.2) is 0 Å². The minimum Gasteiger partial charge on any atom is -0.0901 e. The summed E-state index contributed by atoms with van der Waals surface area (Å²) in [5.41, 5.74) is 0. The Balaban J connectivity index is -0.000000353. The maximum absolute atomic E-state index is 2.12. The third kappa shape index (κ3) is 15.0. The van der Waals surface area contributed by atoms with Crippen LogP contribution in [0.5, 0.6) is 0 Å². The molecule has 21 heavy (non-hydrogen) atoms. The lowest BCUT2D eigenvalue weighted by Gasteiger charge is -1.99. The van der Waals surface area contributed by atoms with Crippen LogP contribution in [0, 0.1) is 0 Å². The van der Waals surface area contributed by atoms with Crippen LogP contribution >= 0.6 is 11.8 Å². The normalized spacial score (nSPS) is 7.24. The molecule has 0 amide bonds. The first kappa shape index (κ1) is 24.8. The van der Waals surface area contributed by atoms with Crippen molar-refractivity contribution < 1.29 is 0 Å². The molecule has 0 fully saturated rings. The number of hydrogen-bond donors (Lipinski definition) is 0. The number of hydrogen-bond acceptors (Lipinski definition) is 1. The molecule has 2 rings (SSSR count). The van der Waals surface area contributed by atoms with Crippen molar-refractivity contribution >= 4 is 11.8 Å². The highest BCUT2D eigenvalue weighted by atomic mass is 32.2. The van der Waals surface area contributed by atoms with Gasteiger partial charge in [0.25, 0.3) is 0 Å². The molecule has 0 atom stereocenters. The third-order valence-corrected chi connectivity index (χ3v) is 2.74. The monoisotopic (exact) mass is 306 g/mol. The second-order valence-electron chi connectivity index (χ2n) is 2.73. The minimum absolute atomic E-state index is 1.29. The Kier molecular flexibility index (Phi) is 28.2. The highest BCUT2D eigenvalue weighted by molar-refractivity contribution is 7.99. The van der Waals surface area contributed by atoms with E-state index in [2.05, 4.69) is 48.5 Å². The molecule has 1 heteroatoms. The van der Waals surface area contributed by atoms with Crippen LogP contribution in [-0.4, -0.2) is 0 Å². The van der Waals surface area contributed by atoms with Gasteiger partial charge in [-0.1, -0.05) is 104 Å². The second kappa shape index (κ2) is 23.9. The van der Waals surface area contributed by atoms with Crippen molar-refractivity contribution in [1.29, 1.82) is 0 Å². The van der Waals surface area contributed by atoms with Crippen molar-refractivity contribution in [2.24, 2.45) is 0 Å². The van der Waals surface area contributed by atoms with Gasteiger partial charge in [-0.05, 0) is 24.3 Å². The number of benzene rings is 2. The van der Waals surface area contributed by atoms with Crippen molar-refractivity contribution in [2.75, 3.05) is 0 Å². The van der Waals surface area contributed by atoms with E-state index in [0.29, 0.717) is 0 Å². The smallest absolute Gasteiger partial charge is 0.0122 e. The van der Waals surface area contributed by atoms with Crippen molar-refractivity contribution in [3.05, 3.63) is 60.7 Å². The van der Waals surface area contributed by atoms with E-state index < -0.39 is 0 Å². The molecule has 0 aliphatic carbocycles. The lowest BCUT2D eigenvalue weighted by Crippen LogP contribution is -1.70. The van der Waals surface area contributed by atoms with Crippen LogP contribution in [-0.2, 0) is 0 Å². The minimum atomic E-state index is 1.29. The lowest BCUT2D eigenvalue weighted by atomic mass is 10.4. The molecule has 2 aromatic rings. The summed E-state index contributed by atoms with van der Waals surface area (Å²) < 4.78 is 0. The molecule has 120 valence electrons. The van der Waals surface area contributed by atoms with Gasteiger partial charge in [0, 0.05) is 9.79 Å². The van der Waals surface area contributed by atoms with Crippen LogP contribution in [0.4, 0.5) is 0 Å². The first-order valence-electron chi connectivity index (χ1n) is 8.23. The van der Waals surface area contributed by atoms with Crippen molar-refractivity contribution in [2.45, 2.75) is 65.2 Å². The van der Waals surface area contributed by atoms with Crippen LogP contribution < -0.4 is 0 Å². The molecule has 2 aromatic carbocycles. The summed E-state index contributed by atoms with van der Waals surface area (Å²) >= 11 is 1.79. The van der Waals surface area contributed by atoms with Gasteiger partial charge in [0.05, 0.1) is 0 Å². The lowest BCUT2D eigenvalue weighted by molar-refractivity contribution is 1.41. The second-order valence-corrected chi connectivity index (χ2v) is 3.88. The maximum atomic E-state index is 2.12. The van der Waals surface area contributed by atoms with Crippen molar-refractivity contribution in [1.82, 2.24) is 0 Å². The fraction of sp³-hybridized carbons (Fsp3) is 0.400. The molecule has 0 saturated carbocycles. The maximum Gasteiger partial charge on any atom is 0.0122 e. The average Bonchev–Trinajstić information content (AvgIpc) is 2.64. The largest absolute Gasteiger partial charge is 0.0901 e. The van der Waals surface area contributed by atoms with Gasteiger partial charge < -0.3 is 0 Å². The molecule has 0 radical (unpaired) electrons.